The Morgan fingerprint density at radius 2 is 2.13 bits per heavy atom. The summed E-state index contributed by atoms with van der Waals surface area (Å²) in [5.74, 6) is -5.35. The fourth-order valence-electron chi connectivity index (χ4n) is 1.41. The zero-order valence-electron chi connectivity index (χ0n) is 7.67. The number of hydrogen-bond donors (Lipinski definition) is 1. The minimum absolute atomic E-state index is 0.0861. The van der Waals surface area contributed by atoms with Gasteiger partial charge in [0.05, 0.1) is 5.75 Å². The molecular formula is C7H10ClF2NO3S. The molecule has 0 aromatic heterocycles. The predicted octanol–water partition coefficient (Wildman–Crippen LogP) is 0.859. The maximum absolute atomic E-state index is 12.9. The summed E-state index contributed by atoms with van der Waals surface area (Å²) in [6, 6.07) is -0.826. The van der Waals surface area contributed by atoms with E-state index in [-0.39, 0.29) is 12.8 Å². The van der Waals surface area contributed by atoms with Crippen molar-refractivity contribution in [1.82, 2.24) is 5.32 Å². The second-order valence-corrected chi connectivity index (χ2v) is 6.29. The highest BCUT2D eigenvalue weighted by molar-refractivity contribution is 8.13. The van der Waals surface area contributed by atoms with Gasteiger partial charge in [0.1, 0.15) is 0 Å². The van der Waals surface area contributed by atoms with E-state index >= 15 is 0 Å². The summed E-state index contributed by atoms with van der Waals surface area (Å²) in [6.07, 6.45) is -0.284. The largest absolute Gasteiger partial charge is 0.347 e. The van der Waals surface area contributed by atoms with Gasteiger partial charge in [-0.3, -0.25) is 4.79 Å². The van der Waals surface area contributed by atoms with Gasteiger partial charge in [-0.15, -0.1) is 0 Å². The number of carbonyl (C=O) groups excluding carboxylic acids is 1. The SMILES string of the molecule is O=C1NC(CS(=O)(=O)Cl)CCCC1(F)F. The first kappa shape index (κ1) is 12.6. The van der Waals surface area contributed by atoms with Crippen LogP contribution in [0.2, 0.25) is 0 Å². The molecule has 1 saturated heterocycles. The fourth-order valence-corrected chi connectivity index (χ4v) is 2.60. The summed E-state index contributed by atoms with van der Waals surface area (Å²) >= 11 is 0. The minimum Gasteiger partial charge on any atom is -0.347 e. The van der Waals surface area contributed by atoms with Gasteiger partial charge in [0.25, 0.3) is 5.91 Å². The first-order chi connectivity index (χ1) is 6.71. The van der Waals surface area contributed by atoms with Crippen LogP contribution >= 0.6 is 10.7 Å². The Kier molecular flexibility index (Phi) is 3.55. The second kappa shape index (κ2) is 4.21. The molecule has 0 saturated carbocycles. The lowest BCUT2D eigenvalue weighted by molar-refractivity contribution is -0.145. The standard InChI is InChI=1S/C7H10ClF2NO3S/c8-15(13,14)4-5-2-1-3-7(9,10)6(12)11-5/h5H,1-4H2,(H,11,12). The predicted molar refractivity (Wildman–Crippen MR) is 50.4 cm³/mol. The van der Waals surface area contributed by atoms with E-state index in [4.69, 9.17) is 10.7 Å². The van der Waals surface area contributed by atoms with E-state index in [1.807, 2.05) is 5.32 Å². The lowest BCUT2D eigenvalue weighted by Gasteiger charge is -2.15. The zero-order valence-corrected chi connectivity index (χ0v) is 9.25. The van der Waals surface area contributed by atoms with E-state index in [2.05, 4.69) is 0 Å². The number of carbonyl (C=O) groups is 1. The van der Waals surface area contributed by atoms with Crippen LogP contribution in [0, 0.1) is 0 Å². The zero-order chi connectivity index (χ0) is 11.7. The van der Waals surface area contributed by atoms with Gasteiger partial charge < -0.3 is 5.32 Å². The van der Waals surface area contributed by atoms with Crippen LogP contribution in [0.4, 0.5) is 8.78 Å². The number of amides is 1. The van der Waals surface area contributed by atoms with E-state index in [1.165, 1.54) is 0 Å². The third kappa shape index (κ3) is 3.90. The van der Waals surface area contributed by atoms with E-state index in [1.54, 1.807) is 0 Å². The highest BCUT2D eigenvalue weighted by Gasteiger charge is 2.41. The molecule has 1 aliphatic heterocycles. The van der Waals surface area contributed by atoms with Crippen molar-refractivity contribution in [2.45, 2.75) is 31.2 Å². The lowest BCUT2D eigenvalue weighted by atomic mass is 10.1. The summed E-state index contributed by atoms with van der Waals surface area (Å²) in [7, 11) is 1.18. The number of rotatable bonds is 2. The number of halogens is 3. The molecule has 4 nitrogen and oxygen atoms in total. The molecule has 8 heteroatoms. The number of hydrogen-bond acceptors (Lipinski definition) is 3. The van der Waals surface area contributed by atoms with Crippen molar-refractivity contribution in [3.05, 3.63) is 0 Å². The molecule has 1 fully saturated rings. The van der Waals surface area contributed by atoms with Gasteiger partial charge in [-0.05, 0) is 12.8 Å². The van der Waals surface area contributed by atoms with Crippen LogP contribution < -0.4 is 5.32 Å². The van der Waals surface area contributed by atoms with Crippen molar-refractivity contribution < 1.29 is 22.0 Å². The Labute approximate surface area is 90.4 Å². The molecule has 0 radical (unpaired) electrons. The second-order valence-electron chi connectivity index (χ2n) is 3.47. The summed E-state index contributed by atoms with van der Waals surface area (Å²) in [6.45, 7) is 0. The smallest absolute Gasteiger partial charge is 0.324 e. The maximum Gasteiger partial charge on any atom is 0.324 e. The van der Waals surface area contributed by atoms with Gasteiger partial charge in [0.15, 0.2) is 0 Å². The molecule has 0 spiro atoms. The Hall–Kier alpha value is -0.430. The monoisotopic (exact) mass is 261 g/mol. The molecule has 1 unspecified atom stereocenters. The van der Waals surface area contributed by atoms with Crippen LogP contribution in [-0.4, -0.2) is 32.0 Å². The third-order valence-corrected chi connectivity index (χ3v) is 3.29. The van der Waals surface area contributed by atoms with Crippen molar-refractivity contribution in [2.75, 3.05) is 5.75 Å². The van der Waals surface area contributed by atoms with Gasteiger partial charge in [-0.25, -0.2) is 8.42 Å². The Balaban J connectivity index is 2.69. The minimum atomic E-state index is -3.79. The summed E-state index contributed by atoms with van der Waals surface area (Å²) < 4.78 is 47.2. The molecule has 1 rings (SSSR count). The molecule has 88 valence electrons. The maximum atomic E-state index is 12.9. The molecule has 0 bridgehead atoms. The summed E-state index contributed by atoms with van der Waals surface area (Å²) in [5.41, 5.74) is 0. The molecule has 1 aliphatic rings. The third-order valence-electron chi connectivity index (χ3n) is 2.11. The molecule has 0 aromatic rings. The van der Waals surface area contributed by atoms with Crippen molar-refractivity contribution in [2.24, 2.45) is 0 Å². The van der Waals surface area contributed by atoms with E-state index in [0.29, 0.717) is 0 Å². The van der Waals surface area contributed by atoms with Gasteiger partial charge in [0.2, 0.25) is 9.05 Å². The molecule has 0 aliphatic carbocycles. The van der Waals surface area contributed by atoms with Crippen molar-refractivity contribution in [3.8, 4) is 0 Å². The van der Waals surface area contributed by atoms with Crippen molar-refractivity contribution >= 4 is 25.6 Å². The van der Waals surface area contributed by atoms with Gasteiger partial charge >= 0.3 is 5.92 Å². The molecular weight excluding hydrogens is 252 g/mol. The van der Waals surface area contributed by atoms with Gasteiger partial charge in [0, 0.05) is 23.1 Å². The Morgan fingerprint density at radius 1 is 1.53 bits per heavy atom. The highest BCUT2D eigenvalue weighted by atomic mass is 35.7. The highest BCUT2D eigenvalue weighted by Crippen LogP contribution is 2.25. The molecule has 1 heterocycles. The average Bonchev–Trinajstić information content (AvgIpc) is 2.09. The van der Waals surface area contributed by atoms with Crippen LogP contribution in [0.15, 0.2) is 0 Å². The molecule has 1 atom stereocenters. The van der Waals surface area contributed by atoms with Crippen LogP contribution in [0.3, 0.4) is 0 Å². The van der Waals surface area contributed by atoms with Gasteiger partial charge in [-0.2, -0.15) is 8.78 Å². The van der Waals surface area contributed by atoms with E-state index in [0.717, 1.165) is 0 Å². The Bertz CT molecular complexity index is 357. The first-order valence-corrected chi connectivity index (χ1v) is 6.80. The van der Waals surface area contributed by atoms with E-state index in [9.17, 15) is 22.0 Å². The molecule has 1 N–H and O–H groups in total. The van der Waals surface area contributed by atoms with Gasteiger partial charge in [-0.1, -0.05) is 0 Å². The molecule has 15 heavy (non-hydrogen) atoms. The van der Waals surface area contributed by atoms with E-state index < -0.39 is 39.1 Å². The van der Waals surface area contributed by atoms with Crippen molar-refractivity contribution in [3.63, 3.8) is 0 Å². The summed E-state index contributed by atoms with van der Waals surface area (Å²) in [4.78, 5) is 10.9. The Morgan fingerprint density at radius 3 is 2.67 bits per heavy atom. The number of alkyl halides is 2. The first-order valence-electron chi connectivity index (χ1n) is 4.32. The van der Waals surface area contributed by atoms with Crippen LogP contribution in [-0.2, 0) is 13.8 Å². The topological polar surface area (TPSA) is 63.2 Å². The summed E-state index contributed by atoms with van der Waals surface area (Å²) in [5, 5.41) is 1.97. The van der Waals surface area contributed by atoms with Crippen LogP contribution in [0.5, 0.6) is 0 Å². The number of nitrogens with one attached hydrogen (secondary N) is 1. The molecule has 1 amide bonds. The average molecular weight is 262 g/mol. The molecule has 0 aromatic carbocycles. The van der Waals surface area contributed by atoms with Crippen LogP contribution in [0.1, 0.15) is 19.3 Å². The fraction of sp³-hybridized carbons (Fsp3) is 0.857. The quantitative estimate of drug-likeness (QED) is 0.750. The lowest BCUT2D eigenvalue weighted by Crippen LogP contribution is -2.44. The normalized spacial score (nSPS) is 26.9. The van der Waals surface area contributed by atoms with Crippen molar-refractivity contribution in [1.29, 1.82) is 0 Å². The van der Waals surface area contributed by atoms with Crippen LogP contribution in [0.25, 0.3) is 0 Å².